The zero-order valence-electron chi connectivity index (χ0n) is 18.0. The van der Waals surface area contributed by atoms with Crippen molar-refractivity contribution < 1.29 is 23.4 Å². The molecule has 0 aliphatic carbocycles. The fourth-order valence-electron chi connectivity index (χ4n) is 3.20. The lowest BCUT2D eigenvalue weighted by Crippen LogP contribution is -2.12. The van der Waals surface area contributed by atoms with Crippen LogP contribution in [0.3, 0.4) is 0 Å². The van der Waals surface area contributed by atoms with Crippen molar-refractivity contribution in [2.75, 3.05) is 26.1 Å². The maximum Gasteiger partial charge on any atom is 0.227 e. The van der Waals surface area contributed by atoms with E-state index in [1.54, 1.807) is 20.3 Å². The highest BCUT2D eigenvalue weighted by Crippen LogP contribution is 2.28. The first-order valence-electron chi connectivity index (χ1n) is 10.3. The summed E-state index contributed by atoms with van der Waals surface area (Å²) in [5, 5.41) is 2.90. The Morgan fingerprint density at radius 1 is 0.938 bits per heavy atom. The normalized spacial score (nSPS) is 10.7. The molecule has 3 aromatic carbocycles. The fraction of sp³-hybridized carbons (Fsp3) is 0.200. The lowest BCUT2D eigenvalue weighted by molar-refractivity contribution is -0.116. The summed E-state index contributed by atoms with van der Waals surface area (Å²) in [5.74, 6) is 2.66. The van der Waals surface area contributed by atoms with Crippen molar-refractivity contribution in [3.8, 4) is 28.7 Å². The lowest BCUT2D eigenvalue weighted by atomic mass is 10.2. The van der Waals surface area contributed by atoms with Gasteiger partial charge < -0.3 is 23.9 Å². The highest BCUT2D eigenvalue weighted by atomic mass is 16.5. The van der Waals surface area contributed by atoms with E-state index in [9.17, 15) is 4.79 Å². The quantitative estimate of drug-likeness (QED) is 0.361. The minimum atomic E-state index is -0.0878. The largest absolute Gasteiger partial charge is 0.497 e. The second kappa shape index (κ2) is 9.87. The van der Waals surface area contributed by atoms with Crippen LogP contribution in [0.25, 0.3) is 22.6 Å². The van der Waals surface area contributed by atoms with Gasteiger partial charge >= 0.3 is 0 Å². The Balaban J connectivity index is 1.31. The highest BCUT2D eigenvalue weighted by Gasteiger charge is 2.11. The number of aromatic nitrogens is 1. The lowest BCUT2D eigenvalue weighted by Gasteiger charge is -2.08. The number of hydrogen-bond donors (Lipinski definition) is 1. The van der Waals surface area contributed by atoms with E-state index < -0.39 is 0 Å². The number of hydrogen-bond acceptors (Lipinski definition) is 6. The molecule has 0 radical (unpaired) electrons. The number of benzene rings is 3. The molecule has 0 saturated heterocycles. The summed E-state index contributed by atoms with van der Waals surface area (Å²) in [6, 6.07) is 20.3. The number of carbonyl (C=O) groups excluding carboxylic acids is 1. The molecule has 0 aliphatic heterocycles. The molecular formula is C25H24N2O5. The summed E-state index contributed by atoms with van der Waals surface area (Å²) in [6.07, 6.45) is 0.946. The molecular weight excluding hydrogens is 408 g/mol. The maximum atomic E-state index is 12.3. The average molecular weight is 432 g/mol. The van der Waals surface area contributed by atoms with Crippen LogP contribution in [-0.4, -0.2) is 31.7 Å². The van der Waals surface area contributed by atoms with Crippen LogP contribution in [0.15, 0.2) is 71.1 Å². The molecule has 0 spiro atoms. The van der Waals surface area contributed by atoms with Crippen LogP contribution in [0.2, 0.25) is 0 Å². The number of anilines is 1. The molecule has 0 fully saturated rings. The third-order valence-corrected chi connectivity index (χ3v) is 4.87. The van der Waals surface area contributed by atoms with Crippen molar-refractivity contribution in [1.82, 2.24) is 4.98 Å². The first-order chi connectivity index (χ1) is 15.6. The summed E-state index contributed by atoms with van der Waals surface area (Å²) in [6.45, 7) is 0.449. The number of rotatable bonds is 9. The van der Waals surface area contributed by atoms with Crippen LogP contribution in [0.1, 0.15) is 12.8 Å². The van der Waals surface area contributed by atoms with Gasteiger partial charge in [-0.15, -0.1) is 0 Å². The Morgan fingerprint density at radius 3 is 2.50 bits per heavy atom. The molecule has 32 heavy (non-hydrogen) atoms. The van der Waals surface area contributed by atoms with Gasteiger partial charge in [0.1, 0.15) is 22.8 Å². The zero-order valence-corrected chi connectivity index (χ0v) is 18.0. The number of nitrogens with one attached hydrogen (secondary N) is 1. The molecule has 0 bridgehead atoms. The molecule has 7 nitrogen and oxygen atoms in total. The van der Waals surface area contributed by atoms with Gasteiger partial charge in [-0.3, -0.25) is 4.79 Å². The first-order valence-corrected chi connectivity index (χ1v) is 10.3. The van der Waals surface area contributed by atoms with Crippen molar-refractivity contribution in [1.29, 1.82) is 0 Å². The summed E-state index contributed by atoms with van der Waals surface area (Å²) in [7, 11) is 3.24. The monoisotopic (exact) mass is 432 g/mol. The molecule has 4 rings (SSSR count). The minimum absolute atomic E-state index is 0.0878. The Labute approximate surface area is 185 Å². The summed E-state index contributed by atoms with van der Waals surface area (Å²) in [5.41, 5.74) is 2.80. The van der Waals surface area contributed by atoms with Crippen molar-refractivity contribution >= 4 is 22.7 Å². The predicted molar refractivity (Wildman–Crippen MR) is 122 cm³/mol. The molecule has 1 amide bonds. The number of carbonyl (C=O) groups is 1. The molecule has 164 valence electrons. The summed E-state index contributed by atoms with van der Waals surface area (Å²) >= 11 is 0. The van der Waals surface area contributed by atoms with Gasteiger partial charge in [0.05, 0.1) is 20.8 Å². The van der Waals surface area contributed by atoms with Gasteiger partial charge in [-0.2, -0.15) is 0 Å². The smallest absolute Gasteiger partial charge is 0.227 e. The number of nitrogens with zero attached hydrogens (tertiary/aromatic N) is 1. The highest BCUT2D eigenvalue weighted by molar-refractivity contribution is 5.93. The molecule has 0 aliphatic rings. The third kappa shape index (κ3) is 5.18. The van der Waals surface area contributed by atoms with E-state index in [2.05, 4.69) is 10.3 Å². The third-order valence-electron chi connectivity index (χ3n) is 4.87. The number of fused-ring (bicyclic) bond motifs is 1. The van der Waals surface area contributed by atoms with Crippen LogP contribution in [-0.2, 0) is 4.79 Å². The van der Waals surface area contributed by atoms with Crippen LogP contribution in [0.5, 0.6) is 17.2 Å². The van der Waals surface area contributed by atoms with Crippen molar-refractivity contribution in [2.24, 2.45) is 0 Å². The van der Waals surface area contributed by atoms with E-state index in [0.717, 1.165) is 22.8 Å². The standard InChI is InChI=1S/C25H24N2O5/c1-29-19-9-11-20(12-10-19)31-14-4-7-24(28)26-18-8-13-22-23(16-18)32-25(27-22)17-5-3-6-21(15-17)30-2/h3,5-6,8-13,15-16H,4,7,14H2,1-2H3,(H,26,28). The molecule has 1 N–H and O–H groups in total. The maximum absolute atomic E-state index is 12.3. The Morgan fingerprint density at radius 2 is 1.72 bits per heavy atom. The van der Waals surface area contributed by atoms with Crippen molar-refractivity contribution in [3.05, 3.63) is 66.7 Å². The van der Waals surface area contributed by atoms with E-state index in [1.165, 1.54) is 0 Å². The topological polar surface area (TPSA) is 82.8 Å². The van der Waals surface area contributed by atoms with Crippen LogP contribution >= 0.6 is 0 Å². The minimum Gasteiger partial charge on any atom is -0.497 e. The Hall–Kier alpha value is -4.00. The molecule has 0 atom stereocenters. The Bertz CT molecular complexity index is 1200. The van der Waals surface area contributed by atoms with E-state index in [1.807, 2.05) is 60.7 Å². The average Bonchev–Trinajstić information content (AvgIpc) is 3.26. The Kier molecular flexibility index (Phi) is 6.55. The van der Waals surface area contributed by atoms with Crippen molar-refractivity contribution in [2.45, 2.75) is 12.8 Å². The number of oxazole rings is 1. The molecule has 7 heteroatoms. The van der Waals surface area contributed by atoms with E-state index in [0.29, 0.717) is 42.1 Å². The second-order valence-corrected chi connectivity index (χ2v) is 7.11. The first kappa shape index (κ1) is 21.2. The number of methoxy groups -OCH3 is 2. The van der Waals surface area contributed by atoms with Gasteiger partial charge in [0.15, 0.2) is 5.58 Å². The van der Waals surface area contributed by atoms with Gasteiger partial charge in [-0.05, 0) is 61.0 Å². The molecule has 4 aromatic rings. The fourth-order valence-corrected chi connectivity index (χ4v) is 3.20. The molecule has 1 aromatic heterocycles. The zero-order chi connectivity index (χ0) is 22.3. The van der Waals surface area contributed by atoms with Crippen LogP contribution in [0, 0.1) is 0 Å². The van der Waals surface area contributed by atoms with E-state index in [4.69, 9.17) is 18.6 Å². The van der Waals surface area contributed by atoms with Gasteiger partial charge in [-0.25, -0.2) is 4.98 Å². The summed E-state index contributed by atoms with van der Waals surface area (Å²) in [4.78, 5) is 16.8. The van der Waals surface area contributed by atoms with Crippen LogP contribution < -0.4 is 19.5 Å². The SMILES string of the molecule is COc1ccc(OCCCC(=O)Nc2ccc3nc(-c4cccc(OC)c4)oc3c2)cc1. The summed E-state index contributed by atoms with van der Waals surface area (Å²) < 4.78 is 21.9. The van der Waals surface area contributed by atoms with Gasteiger partial charge in [0, 0.05) is 23.7 Å². The van der Waals surface area contributed by atoms with Crippen molar-refractivity contribution in [3.63, 3.8) is 0 Å². The van der Waals surface area contributed by atoms with Gasteiger partial charge in [-0.1, -0.05) is 6.07 Å². The number of ether oxygens (including phenoxy) is 3. The number of amides is 1. The predicted octanol–water partition coefficient (Wildman–Crippen LogP) is 5.31. The van der Waals surface area contributed by atoms with Crippen LogP contribution in [0.4, 0.5) is 5.69 Å². The van der Waals surface area contributed by atoms with Gasteiger partial charge in [0.2, 0.25) is 11.8 Å². The van der Waals surface area contributed by atoms with E-state index >= 15 is 0 Å². The van der Waals surface area contributed by atoms with E-state index in [-0.39, 0.29) is 5.91 Å². The van der Waals surface area contributed by atoms with Gasteiger partial charge in [0.25, 0.3) is 0 Å². The second-order valence-electron chi connectivity index (χ2n) is 7.11. The molecule has 0 saturated carbocycles. The molecule has 1 heterocycles. The molecule has 0 unspecified atom stereocenters.